The summed E-state index contributed by atoms with van der Waals surface area (Å²) in [4.78, 5) is 30.3. The van der Waals surface area contributed by atoms with E-state index in [2.05, 4.69) is 19.1 Å². The van der Waals surface area contributed by atoms with Crippen molar-refractivity contribution in [2.75, 3.05) is 18.8 Å². The topological polar surface area (TPSA) is 76.1 Å². The van der Waals surface area contributed by atoms with E-state index in [1.807, 2.05) is 30.3 Å². The minimum absolute atomic E-state index is 0.00969. The van der Waals surface area contributed by atoms with Crippen molar-refractivity contribution in [3.05, 3.63) is 82.4 Å². The zero-order valence-corrected chi connectivity index (χ0v) is 20.4. The Kier molecular flexibility index (Phi) is 6.86. The van der Waals surface area contributed by atoms with E-state index >= 15 is 0 Å². The maximum atomic E-state index is 13.3. The second-order valence-electron chi connectivity index (χ2n) is 8.40. The van der Waals surface area contributed by atoms with Crippen LogP contribution in [0.4, 0.5) is 5.69 Å². The molecule has 0 saturated heterocycles. The Balaban J connectivity index is 1.82. The molecule has 4 rings (SSSR count). The normalized spacial score (nSPS) is 16.0. The Bertz CT molecular complexity index is 1240. The van der Waals surface area contributed by atoms with Gasteiger partial charge in [-0.25, -0.2) is 0 Å². The molecule has 7 heteroatoms. The molecule has 1 unspecified atom stereocenters. The summed E-state index contributed by atoms with van der Waals surface area (Å²) in [7, 11) is 1.52. The first-order valence-electron chi connectivity index (χ1n) is 11.0. The molecule has 1 aliphatic rings. The number of aliphatic hydroxyl groups is 1. The average molecular weight is 478 g/mol. The van der Waals surface area contributed by atoms with E-state index in [1.54, 1.807) is 43.4 Å². The molecule has 1 aromatic heterocycles. The van der Waals surface area contributed by atoms with Crippen molar-refractivity contribution in [1.29, 1.82) is 0 Å². The highest BCUT2D eigenvalue weighted by molar-refractivity contribution is 7.15. The fourth-order valence-corrected chi connectivity index (χ4v) is 4.94. The largest absolute Gasteiger partial charge is 0.503 e. The number of methoxy groups -OCH3 is 1. The lowest BCUT2D eigenvalue weighted by Crippen LogP contribution is -2.31. The molecule has 1 N–H and O–H groups in total. The lowest BCUT2D eigenvalue weighted by Gasteiger charge is -2.28. The quantitative estimate of drug-likeness (QED) is 0.413. The molecule has 1 atom stereocenters. The third-order valence-electron chi connectivity index (χ3n) is 5.71. The van der Waals surface area contributed by atoms with E-state index in [0.29, 0.717) is 17.0 Å². The van der Waals surface area contributed by atoms with Crippen LogP contribution in [-0.2, 0) is 14.3 Å². The minimum atomic E-state index is -0.828. The summed E-state index contributed by atoms with van der Waals surface area (Å²) in [5.74, 6) is -1.35. The number of aliphatic hydroxyl groups excluding tert-OH is 1. The van der Waals surface area contributed by atoms with Gasteiger partial charge in [0.25, 0.3) is 5.91 Å². The van der Waals surface area contributed by atoms with Gasteiger partial charge in [-0.1, -0.05) is 44.2 Å². The van der Waals surface area contributed by atoms with E-state index in [4.69, 9.17) is 9.47 Å². The fraction of sp³-hybridized carbons (Fsp3) is 0.259. The number of carbonyl (C=O) groups is 2. The zero-order valence-electron chi connectivity index (χ0n) is 19.6. The number of carbonyl (C=O) groups excluding carboxylic acids is 2. The van der Waals surface area contributed by atoms with Gasteiger partial charge in [-0.2, -0.15) is 0 Å². The number of hydrogen-bond donors (Lipinski definition) is 1. The van der Waals surface area contributed by atoms with Gasteiger partial charge in [-0.05, 0) is 42.8 Å². The van der Waals surface area contributed by atoms with Crippen LogP contribution < -0.4 is 9.64 Å². The fourth-order valence-electron chi connectivity index (χ4n) is 4.06. The van der Waals surface area contributed by atoms with Crippen LogP contribution >= 0.6 is 11.3 Å². The van der Waals surface area contributed by atoms with Gasteiger partial charge < -0.3 is 14.6 Å². The Morgan fingerprint density at radius 3 is 2.41 bits per heavy atom. The van der Waals surface area contributed by atoms with Gasteiger partial charge in [-0.15, -0.1) is 11.3 Å². The van der Waals surface area contributed by atoms with Crippen molar-refractivity contribution in [1.82, 2.24) is 0 Å². The van der Waals surface area contributed by atoms with Gasteiger partial charge in [0.05, 0.1) is 11.6 Å². The lowest BCUT2D eigenvalue weighted by atomic mass is 9.90. The van der Waals surface area contributed by atoms with E-state index < -0.39 is 23.6 Å². The molecule has 2 heterocycles. The monoisotopic (exact) mass is 477 g/mol. The molecule has 0 aliphatic carbocycles. The smallest absolute Gasteiger partial charge is 0.294 e. The average Bonchev–Trinajstić information content (AvgIpc) is 3.38. The SMILES string of the molecule is COCOc1ccccc1C1C(C(=O)C(C)C)=C(O)C(=O)N1c1ccc(-c2ccc(C)s2)cc1. The summed E-state index contributed by atoms with van der Waals surface area (Å²) in [5, 5.41) is 10.8. The molecule has 0 radical (unpaired) electrons. The first kappa shape index (κ1) is 23.7. The maximum absolute atomic E-state index is 13.3. The van der Waals surface area contributed by atoms with Gasteiger partial charge in [0, 0.05) is 34.0 Å². The van der Waals surface area contributed by atoms with Crippen molar-refractivity contribution in [3.8, 4) is 16.2 Å². The van der Waals surface area contributed by atoms with Crippen LogP contribution in [0.3, 0.4) is 0 Å². The van der Waals surface area contributed by atoms with Crippen LogP contribution in [0.5, 0.6) is 5.75 Å². The molecule has 176 valence electrons. The van der Waals surface area contributed by atoms with E-state index in [9.17, 15) is 14.7 Å². The number of ether oxygens (including phenoxy) is 2. The molecular formula is C27H27NO5S. The molecule has 0 bridgehead atoms. The molecule has 3 aromatic rings. The van der Waals surface area contributed by atoms with Crippen molar-refractivity contribution < 1.29 is 24.2 Å². The molecular weight excluding hydrogens is 450 g/mol. The Morgan fingerprint density at radius 1 is 1.09 bits per heavy atom. The summed E-state index contributed by atoms with van der Waals surface area (Å²) >= 11 is 1.69. The number of thiophene rings is 1. The molecule has 0 spiro atoms. The molecule has 2 aromatic carbocycles. The molecule has 0 fully saturated rings. The van der Waals surface area contributed by atoms with Crippen LogP contribution in [0.15, 0.2) is 72.0 Å². The van der Waals surface area contributed by atoms with Crippen LogP contribution in [0.1, 0.15) is 30.3 Å². The second kappa shape index (κ2) is 9.83. The number of anilines is 1. The van der Waals surface area contributed by atoms with Crippen LogP contribution in [0, 0.1) is 12.8 Å². The van der Waals surface area contributed by atoms with Gasteiger partial charge in [0.2, 0.25) is 0 Å². The Morgan fingerprint density at radius 2 is 1.79 bits per heavy atom. The molecule has 1 aliphatic heterocycles. The van der Waals surface area contributed by atoms with Crippen LogP contribution in [-0.4, -0.2) is 30.7 Å². The molecule has 6 nitrogen and oxygen atoms in total. The summed E-state index contributed by atoms with van der Waals surface area (Å²) in [6.07, 6.45) is 0. The van der Waals surface area contributed by atoms with Crippen molar-refractivity contribution in [3.63, 3.8) is 0 Å². The number of nitrogens with zero attached hydrogens (tertiary/aromatic N) is 1. The van der Waals surface area contributed by atoms with Gasteiger partial charge in [0.1, 0.15) is 5.75 Å². The Labute approximate surface area is 203 Å². The third kappa shape index (κ3) is 4.36. The van der Waals surface area contributed by atoms with Crippen molar-refractivity contribution in [2.24, 2.45) is 5.92 Å². The van der Waals surface area contributed by atoms with Crippen LogP contribution in [0.25, 0.3) is 10.4 Å². The van der Waals surface area contributed by atoms with Gasteiger partial charge in [0.15, 0.2) is 18.3 Å². The predicted molar refractivity (Wildman–Crippen MR) is 133 cm³/mol. The highest BCUT2D eigenvalue weighted by Gasteiger charge is 2.45. The number of amides is 1. The van der Waals surface area contributed by atoms with E-state index in [-0.39, 0.29) is 18.1 Å². The highest BCUT2D eigenvalue weighted by atomic mass is 32.1. The Hall–Kier alpha value is -3.42. The van der Waals surface area contributed by atoms with Gasteiger partial charge >= 0.3 is 0 Å². The summed E-state index contributed by atoms with van der Waals surface area (Å²) in [5.41, 5.74) is 2.28. The van der Waals surface area contributed by atoms with Crippen molar-refractivity contribution in [2.45, 2.75) is 26.8 Å². The number of Topliss-reactive ketones (excluding diaryl/α,β-unsaturated/α-hetero) is 1. The first-order chi connectivity index (χ1) is 16.3. The van der Waals surface area contributed by atoms with Gasteiger partial charge in [-0.3, -0.25) is 14.5 Å². The number of hydrogen-bond acceptors (Lipinski definition) is 6. The number of rotatable bonds is 8. The minimum Gasteiger partial charge on any atom is -0.503 e. The molecule has 34 heavy (non-hydrogen) atoms. The summed E-state index contributed by atoms with van der Waals surface area (Å²) in [6.45, 7) is 5.56. The standard InChI is InChI=1S/C27H27NO5S/c1-16(2)25(29)23-24(20-7-5-6-8-21(20)33-15-32-4)28(27(31)26(23)30)19-12-10-18(11-13-19)22-14-9-17(3)34-22/h5-14,16,24,30H,15H2,1-4H3. The number of para-hydroxylation sites is 1. The second-order valence-corrected chi connectivity index (χ2v) is 9.69. The first-order valence-corrected chi connectivity index (χ1v) is 11.8. The molecule has 1 amide bonds. The summed E-state index contributed by atoms with van der Waals surface area (Å²) < 4.78 is 10.8. The van der Waals surface area contributed by atoms with Crippen molar-refractivity contribution >= 4 is 28.7 Å². The third-order valence-corrected chi connectivity index (χ3v) is 6.76. The lowest BCUT2D eigenvalue weighted by molar-refractivity contribution is -0.119. The van der Waals surface area contributed by atoms with E-state index in [0.717, 1.165) is 10.4 Å². The number of aryl methyl sites for hydroxylation is 1. The maximum Gasteiger partial charge on any atom is 0.294 e. The molecule has 0 saturated carbocycles. The van der Waals surface area contributed by atoms with E-state index in [1.165, 1.54) is 16.9 Å². The number of ketones is 1. The predicted octanol–water partition coefficient (Wildman–Crippen LogP) is 5.83. The number of benzene rings is 2. The van der Waals surface area contributed by atoms with Crippen LogP contribution in [0.2, 0.25) is 0 Å². The zero-order chi connectivity index (χ0) is 24.4. The summed E-state index contributed by atoms with van der Waals surface area (Å²) in [6, 6.07) is 18.0. The highest BCUT2D eigenvalue weighted by Crippen LogP contribution is 2.45.